The molecule has 100 valence electrons. The van der Waals surface area contributed by atoms with E-state index in [4.69, 9.17) is 10.5 Å². The summed E-state index contributed by atoms with van der Waals surface area (Å²) in [5.74, 6) is -1.25. The average Bonchev–Trinajstić information content (AvgIpc) is 2.79. The van der Waals surface area contributed by atoms with Crippen molar-refractivity contribution >= 4 is 28.5 Å². The molecule has 0 fully saturated rings. The summed E-state index contributed by atoms with van der Waals surface area (Å²) in [5.41, 5.74) is 7.65. The summed E-state index contributed by atoms with van der Waals surface area (Å²) < 4.78 is 32.0. The highest BCUT2D eigenvalue weighted by atomic mass is 32.1. The Morgan fingerprint density at radius 2 is 2.26 bits per heavy atom. The maximum Gasteiger partial charge on any atom is 0.205 e. The molecule has 8 heteroatoms. The summed E-state index contributed by atoms with van der Waals surface area (Å²) in [5, 5.41) is 5.75. The topological polar surface area (TPSA) is 72.5 Å². The number of hydrazone groups is 1. The van der Waals surface area contributed by atoms with Crippen molar-refractivity contribution in [3.63, 3.8) is 0 Å². The van der Waals surface area contributed by atoms with Crippen LogP contribution >= 0.6 is 11.3 Å². The van der Waals surface area contributed by atoms with Crippen LogP contribution in [0.1, 0.15) is 5.56 Å². The Morgan fingerprint density at radius 3 is 2.89 bits per heavy atom. The number of aromatic nitrogens is 1. The second kappa shape index (κ2) is 5.61. The molecule has 0 atom stereocenters. The summed E-state index contributed by atoms with van der Waals surface area (Å²) in [6.45, 7) is 0. The molecule has 0 saturated carbocycles. The number of rotatable bonds is 4. The summed E-state index contributed by atoms with van der Waals surface area (Å²) >= 11 is 1.23. The average molecular weight is 284 g/mol. The van der Waals surface area contributed by atoms with E-state index in [1.807, 2.05) is 0 Å². The molecule has 1 aromatic carbocycles. The molecule has 0 radical (unpaired) electrons. The van der Waals surface area contributed by atoms with Crippen LogP contribution in [0.3, 0.4) is 0 Å². The number of ether oxygens (including phenoxy) is 1. The molecule has 3 N–H and O–H groups in total. The highest BCUT2D eigenvalue weighted by molar-refractivity contribution is 7.14. The first kappa shape index (κ1) is 13.2. The lowest BCUT2D eigenvalue weighted by molar-refractivity contribution is 0.383. The maximum absolute atomic E-state index is 13.7. The van der Waals surface area contributed by atoms with Gasteiger partial charge in [-0.25, -0.2) is 13.8 Å². The van der Waals surface area contributed by atoms with Gasteiger partial charge in [-0.2, -0.15) is 5.10 Å². The van der Waals surface area contributed by atoms with Crippen LogP contribution < -0.4 is 15.9 Å². The number of nitrogens with one attached hydrogen (secondary N) is 1. The van der Waals surface area contributed by atoms with Gasteiger partial charge in [-0.1, -0.05) is 0 Å². The van der Waals surface area contributed by atoms with Crippen molar-refractivity contribution in [2.75, 3.05) is 18.3 Å². The lowest BCUT2D eigenvalue weighted by Crippen LogP contribution is -1.99. The summed E-state index contributed by atoms with van der Waals surface area (Å²) in [7, 11) is 1.30. The van der Waals surface area contributed by atoms with E-state index in [1.165, 1.54) is 24.5 Å². The first-order valence-corrected chi connectivity index (χ1v) is 6.02. The van der Waals surface area contributed by atoms with Crippen LogP contribution in [-0.2, 0) is 0 Å². The van der Waals surface area contributed by atoms with Crippen molar-refractivity contribution in [1.29, 1.82) is 0 Å². The number of benzene rings is 1. The number of hydrogen-bond acceptors (Lipinski definition) is 6. The quantitative estimate of drug-likeness (QED) is 0.668. The second-order valence-corrected chi connectivity index (χ2v) is 4.28. The van der Waals surface area contributed by atoms with Gasteiger partial charge in [0, 0.05) is 5.38 Å². The first-order valence-electron chi connectivity index (χ1n) is 5.14. The van der Waals surface area contributed by atoms with Gasteiger partial charge in [0.25, 0.3) is 0 Å². The Labute approximate surface area is 111 Å². The number of nitrogen functional groups attached to an aromatic ring is 1. The van der Waals surface area contributed by atoms with E-state index in [2.05, 4.69) is 15.5 Å². The van der Waals surface area contributed by atoms with Gasteiger partial charge in [0.1, 0.15) is 11.6 Å². The minimum absolute atomic E-state index is 0.0543. The molecule has 2 rings (SSSR count). The Kier molecular flexibility index (Phi) is 3.91. The number of nitrogens with zero attached hydrogens (tertiary/aromatic N) is 2. The highest BCUT2D eigenvalue weighted by Crippen LogP contribution is 2.22. The molecule has 0 aliphatic rings. The molecule has 0 saturated heterocycles. The zero-order valence-corrected chi connectivity index (χ0v) is 10.7. The van der Waals surface area contributed by atoms with Crippen molar-refractivity contribution < 1.29 is 13.5 Å². The van der Waals surface area contributed by atoms with E-state index in [1.54, 1.807) is 5.38 Å². The molecule has 0 bridgehead atoms. The summed E-state index contributed by atoms with van der Waals surface area (Å²) in [6.07, 6.45) is 1.02. The molecule has 1 aromatic heterocycles. The molecular weight excluding hydrogens is 274 g/mol. The van der Waals surface area contributed by atoms with Crippen molar-refractivity contribution in [3.05, 3.63) is 34.7 Å². The smallest absolute Gasteiger partial charge is 0.205 e. The van der Waals surface area contributed by atoms with E-state index < -0.39 is 11.6 Å². The first-order chi connectivity index (χ1) is 9.11. The molecule has 0 aliphatic carbocycles. The summed E-state index contributed by atoms with van der Waals surface area (Å²) in [6, 6.07) is 2.31. The second-order valence-electron chi connectivity index (χ2n) is 3.42. The zero-order chi connectivity index (χ0) is 13.8. The van der Waals surface area contributed by atoms with E-state index in [9.17, 15) is 8.78 Å². The van der Waals surface area contributed by atoms with Crippen LogP contribution in [0.5, 0.6) is 5.75 Å². The van der Waals surface area contributed by atoms with Gasteiger partial charge in [0.15, 0.2) is 11.6 Å². The largest absolute Gasteiger partial charge is 0.494 e. The Balaban J connectivity index is 2.18. The number of anilines is 2. The summed E-state index contributed by atoms with van der Waals surface area (Å²) in [4.78, 5) is 3.88. The van der Waals surface area contributed by atoms with Gasteiger partial charge in [-0.15, -0.1) is 11.3 Å². The van der Waals surface area contributed by atoms with E-state index in [-0.39, 0.29) is 11.3 Å². The highest BCUT2D eigenvalue weighted by Gasteiger charge is 2.12. The van der Waals surface area contributed by atoms with Gasteiger partial charge >= 0.3 is 0 Å². The van der Waals surface area contributed by atoms with E-state index >= 15 is 0 Å². The van der Waals surface area contributed by atoms with Crippen molar-refractivity contribution in [2.24, 2.45) is 5.10 Å². The van der Waals surface area contributed by atoms with Crippen molar-refractivity contribution in [2.45, 2.75) is 0 Å². The van der Waals surface area contributed by atoms with Gasteiger partial charge < -0.3 is 10.5 Å². The normalized spacial score (nSPS) is 10.9. The van der Waals surface area contributed by atoms with Crippen molar-refractivity contribution in [3.8, 4) is 5.75 Å². The number of nitrogens with two attached hydrogens (primary N) is 1. The minimum Gasteiger partial charge on any atom is -0.494 e. The van der Waals surface area contributed by atoms with Gasteiger partial charge in [-0.05, 0) is 12.1 Å². The third kappa shape index (κ3) is 2.97. The molecule has 1 heterocycles. The Hall–Kier alpha value is -2.22. The fraction of sp³-hybridized carbons (Fsp3) is 0.0909. The van der Waals surface area contributed by atoms with Gasteiger partial charge in [-0.3, -0.25) is 5.43 Å². The van der Waals surface area contributed by atoms with Crippen LogP contribution in [-0.4, -0.2) is 18.3 Å². The number of methoxy groups -OCH3 is 1. The predicted molar refractivity (Wildman–Crippen MR) is 70.7 cm³/mol. The molecule has 2 aromatic rings. The SMILES string of the molecule is COc1ccc(F)c(C=NNc2nc(N)cs2)c1F. The van der Waals surface area contributed by atoms with E-state index in [0.717, 1.165) is 12.3 Å². The Bertz CT molecular complexity index is 615. The van der Waals surface area contributed by atoms with Crippen molar-refractivity contribution in [1.82, 2.24) is 4.98 Å². The van der Waals surface area contributed by atoms with Crippen LogP contribution in [0.15, 0.2) is 22.6 Å². The molecular formula is C11H10F2N4OS. The Morgan fingerprint density at radius 1 is 1.47 bits per heavy atom. The third-order valence-corrected chi connectivity index (χ3v) is 2.95. The van der Waals surface area contributed by atoms with Crippen LogP contribution in [0.4, 0.5) is 19.7 Å². The zero-order valence-electron chi connectivity index (χ0n) is 9.85. The molecule has 19 heavy (non-hydrogen) atoms. The molecule has 0 spiro atoms. The van der Waals surface area contributed by atoms with E-state index in [0.29, 0.717) is 10.9 Å². The third-order valence-electron chi connectivity index (χ3n) is 2.19. The molecule has 5 nitrogen and oxygen atoms in total. The van der Waals surface area contributed by atoms with Crippen LogP contribution in [0.2, 0.25) is 0 Å². The lowest BCUT2D eigenvalue weighted by Gasteiger charge is -2.04. The van der Waals surface area contributed by atoms with Gasteiger partial charge in [0.05, 0.1) is 18.9 Å². The number of halogens is 2. The standard InChI is InChI=1S/C11H10F2N4OS/c1-18-8-3-2-7(12)6(10(8)13)4-15-17-11-16-9(14)5-19-11/h2-5H,14H2,1H3,(H,16,17). The van der Waals surface area contributed by atoms with Gasteiger partial charge in [0.2, 0.25) is 5.13 Å². The fourth-order valence-corrected chi connectivity index (χ4v) is 1.86. The maximum atomic E-state index is 13.7. The lowest BCUT2D eigenvalue weighted by atomic mass is 10.2. The number of thiazole rings is 1. The van der Waals surface area contributed by atoms with Crippen LogP contribution in [0.25, 0.3) is 0 Å². The minimum atomic E-state index is -0.813. The molecule has 0 amide bonds. The molecule has 0 aliphatic heterocycles. The molecule has 0 unspecified atom stereocenters. The predicted octanol–water partition coefficient (Wildman–Crippen LogP) is 2.46. The van der Waals surface area contributed by atoms with Crippen LogP contribution in [0, 0.1) is 11.6 Å². The number of hydrogen-bond donors (Lipinski definition) is 2. The monoisotopic (exact) mass is 284 g/mol. The fourth-order valence-electron chi connectivity index (χ4n) is 1.31.